The third kappa shape index (κ3) is 7.69. The summed E-state index contributed by atoms with van der Waals surface area (Å²) in [6.45, 7) is 5.61. The van der Waals surface area contributed by atoms with Gasteiger partial charge in [0.25, 0.3) is 0 Å². The van der Waals surface area contributed by atoms with Gasteiger partial charge in [-0.15, -0.1) is 0 Å². The lowest BCUT2D eigenvalue weighted by molar-refractivity contribution is 0.120. The molecule has 0 aliphatic rings. The van der Waals surface area contributed by atoms with Gasteiger partial charge in [-0.05, 0) is 115 Å². The Hall–Kier alpha value is -4.62. The van der Waals surface area contributed by atoms with E-state index in [1.165, 1.54) is 0 Å². The van der Waals surface area contributed by atoms with E-state index in [0.29, 0.717) is 11.1 Å². The van der Waals surface area contributed by atoms with Crippen LogP contribution in [0.1, 0.15) is 28.7 Å². The van der Waals surface area contributed by atoms with Crippen LogP contribution in [0.3, 0.4) is 0 Å². The highest BCUT2D eigenvalue weighted by molar-refractivity contribution is 5.69. The van der Waals surface area contributed by atoms with Gasteiger partial charge in [-0.2, -0.15) is 10.5 Å². The Morgan fingerprint density at radius 2 is 1.00 bits per heavy atom. The van der Waals surface area contributed by atoms with E-state index in [1.54, 1.807) is 0 Å². The van der Waals surface area contributed by atoms with Crippen molar-refractivity contribution in [3.05, 3.63) is 107 Å². The number of benzene rings is 4. The Kier molecular flexibility index (Phi) is 10.5. The SMILES string of the molecule is Cc1cc(OCOc2ccc(-c3ccc(C#N)cc3)c(C)c2)ccc1-c1ccc(C#N)cc1.NCCCN. The molecule has 192 valence electrons. The molecule has 0 unspecified atom stereocenters. The molecule has 0 atom stereocenters. The standard InChI is InChI=1S/C29H22N2O2.C3H10N2/c1-20-15-26(11-13-28(20)24-7-3-22(17-30)4-8-24)32-19-33-27-12-14-29(21(2)16-27)25-9-5-23(18-31)6-10-25;4-2-1-3-5/h3-16H,19H2,1-2H3;1-5H2. The molecule has 0 aliphatic carbocycles. The Morgan fingerprint density at radius 3 is 1.29 bits per heavy atom. The highest BCUT2D eigenvalue weighted by Gasteiger charge is 2.07. The number of rotatable bonds is 8. The Balaban J connectivity index is 0.000000732. The fraction of sp³-hybridized carbons (Fsp3) is 0.188. The molecule has 38 heavy (non-hydrogen) atoms. The van der Waals surface area contributed by atoms with Crippen molar-refractivity contribution in [1.82, 2.24) is 0 Å². The van der Waals surface area contributed by atoms with E-state index in [-0.39, 0.29) is 6.79 Å². The van der Waals surface area contributed by atoms with Crippen molar-refractivity contribution in [2.75, 3.05) is 19.9 Å². The number of nitrogens with zero attached hydrogens (tertiary/aromatic N) is 2. The average molecular weight is 505 g/mol. The summed E-state index contributed by atoms with van der Waals surface area (Å²) in [5, 5.41) is 17.9. The number of hydrogen-bond donors (Lipinski definition) is 2. The van der Waals surface area contributed by atoms with Crippen LogP contribution in [0.5, 0.6) is 11.5 Å². The third-order valence-corrected chi connectivity index (χ3v) is 5.91. The van der Waals surface area contributed by atoms with Gasteiger partial charge in [-0.25, -0.2) is 0 Å². The van der Waals surface area contributed by atoms with E-state index in [2.05, 4.69) is 12.1 Å². The zero-order valence-electron chi connectivity index (χ0n) is 21.8. The fourth-order valence-electron chi connectivity index (χ4n) is 3.83. The van der Waals surface area contributed by atoms with E-state index in [9.17, 15) is 0 Å². The topological polar surface area (TPSA) is 118 Å². The van der Waals surface area contributed by atoms with Crippen molar-refractivity contribution in [3.63, 3.8) is 0 Å². The van der Waals surface area contributed by atoms with Crippen molar-refractivity contribution < 1.29 is 9.47 Å². The van der Waals surface area contributed by atoms with Gasteiger partial charge in [-0.3, -0.25) is 0 Å². The molecule has 6 heteroatoms. The van der Waals surface area contributed by atoms with Crippen LogP contribution < -0.4 is 20.9 Å². The first-order valence-corrected chi connectivity index (χ1v) is 12.4. The molecular weight excluding hydrogens is 472 g/mol. The minimum Gasteiger partial charge on any atom is -0.457 e. The molecule has 0 spiro atoms. The molecule has 4 rings (SSSR count). The highest BCUT2D eigenvalue weighted by atomic mass is 16.7. The lowest BCUT2D eigenvalue weighted by atomic mass is 9.99. The van der Waals surface area contributed by atoms with Crippen LogP contribution in [-0.4, -0.2) is 19.9 Å². The zero-order chi connectivity index (χ0) is 27.3. The van der Waals surface area contributed by atoms with Crippen LogP contribution in [0.4, 0.5) is 0 Å². The summed E-state index contributed by atoms with van der Waals surface area (Å²) >= 11 is 0. The number of nitrogens with two attached hydrogens (primary N) is 2. The molecule has 0 heterocycles. The molecule has 6 nitrogen and oxygen atoms in total. The van der Waals surface area contributed by atoms with Gasteiger partial charge in [0.05, 0.1) is 23.3 Å². The lowest BCUT2D eigenvalue weighted by Gasteiger charge is -2.13. The van der Waals surface area contributed by atoms with Crippen LogP contribution in [0.2, 0.25) is 0 Å². The van der Waals surface area contributed by atoms with Gasteiger partial charge in [0.1, 0.15) is 11.5 Å². The van der Waals surface area contributed by atoms with Crippen molar-refractivity contribution >= 4 is 0 Å². The highest BCUT2D eigenvalue weighted by Crippen LogP contribution is 2.29. The molecule has 0 aromatic heterocycles. The van der Waals surface area contributed by atoms with Gasteiger partial charge in [-0.1, -0.05) is 36.4 Å². The normalized spacial score (nSPS) is 9.95. The largest absolute Gasteiger partial charge is 0.457 e. The van der Waals surface area contributed by atoms with Gasteiger partial charge >= 0.3 is 0 Å². The van der Waals surface area contributed by atoms with Crippen LogP contribution in [0.25, 0.3) is 22.3 Å². The van der Waals surface area contributed by atoms with E-state index >= 15 is 0 Å². The number of aryl methyl sites for hydroxylation is 2. The van der Waals surface area contributed by atoms with Crippen LogP contribution >= 0.6 is 0 Å². The molecule has 0 saturated heterocycles. The number of hydrogen-bond acceptors (Lipinski definition) is 6. The average Bonchev–Trinajstić information content (AvgIpc) is 2.94. The molecule has 0 amide bonds. The Labute approximate surface area is 224 Å². The molecule has 0 bridgehead atoms. The Bertz CT molecular complexity index is 1310. The maximum absolute atomic E-state index is 8.97. The summed E-state index contributed by atoms with van der Waals surface area (Å²) in [4.78, 5) is 0. The molecule has 4 aromatic carbocycles. The van der Waals surface area contributed by atoms with Crippen LogP contribution in [0, 0.1) is 36.5 Å². The van der Waals surface area contributed by atoms with Gasteiger partial charge in [0, 0.05) is 0 Å². The van der Waals surface area contributed by atoms with Crippen LogP contribution in [0.15, 0.2) is 84.9 Å². The minimum atomic E-state index is 0.102. The van der Waals surface area contributed by atoms with Crippen molar-refractivity contribution in [2.24, 2.45) is 11.5 Å². The van der Waals surface area contributed by atoms with Gasteiger partial charge < -0.3 is 20.9 Å². The first-order valence-electron chi connectivity index (χ1n) is 12.4. The summed E-state index contributed by atoms with van der Waals surface area (Å²) in [5.41, 5.74) is 17.9. The van der Waals surface area contributed by atoms with Crippen LogP contribution in [-0.2, 0) is 0 Å². The predicted molar refractivity (Wildman–Crippen MR) is 152 cm³/mol. The fourth-order valence-corrected chi connectivity index (χ4v) is 3.83. The second-order valence-corrected chi connectivity index (χ2v) is 8.67. The quantitative estimate of drug-likeness (QED) is 0.280. The number of nitriles is 2. The molecule has 0 fully saturated rings. The van der Waals surface area contributed by atoms with Crippen molar-refractivity contribution in [2.45, 2.75) is 20.3 Å². The van der Waals surface area contributed by atoms with Crippen molar-refractivity contribution in [3.8, 4) is 45.9 Å². The van der Waals surface area contributed by atoms with Gasteiger partial charge in [0.15, 0.2) is 0 Å². The summed E-state index contributed by atoms with van der Waals surface area (Å²) in [7, 11) is 0. The third-order valence-electron chi connectivity index (χ3n) is 5.91. The summed E-state index contributed by atoms with van der Waals surface area (Å²) in [6, 6.07) is 31.2. The molecule has 0 radical (unpaired) electrons. The monoisotopic (exact) mass is 504 g/mol. The van der Waals surface area contributed by atoms with Crippen molar-refractivity contribution in [1.29, 1.82) is 10.5 Å². The van der Waals surface area contributed by atoms with E-state index < -0.39 is 0 Å². The van der Waals surface area contributed by atoms with E-state index in [4.69, 9.17) is 31.5 Å². The van der Waals surface area contributed by atoms with Gasteiger partial charge in [0.2, 0.25) is 6.79 Å². The predicted octanol–water partition coefficient (Wildman–Crippen LogP) is 6.09. The first-order chi connectivity index (χ1) is 18.5. The van der Waals surface area contributed by atoms with E-state index in [0.717, 1.165) is 64.4 Å². The van der Waals surface area contributed by atoms with E-state index in [1.807, 2.05) is 98.8 Å². The maximum Gasteiger partial charge on any atom is 0.230 e. The second kappa shape index (κ2) is 14.2. The summed E-state index contributed by atoms with van der Waals surface area (Å²) < 4.78 is 11.6. The number of ether oxygens (including phenoxy) is 2. The maximum atomic E-state index is 8.97. The minimum absolute atomic E-state index is 0.102. The Morgan fingerprint density at radius 1 is 0.605 bits per heavy atom. The second-order valence-electron chi connectivity index (χ2n) is 8.67. The summed E-state index contributed by atoms with van der Waals surface area (Å²) in [5.74, 6) is 1.46. The molecule has 4 N–H and O–H groups in total. The molecule has 4 aromatic rings. The zero-order valence-corrected chi connectivity index (χ0v) is 21.8. The lowest BCUT2D eigenvalue weighted by Crippen LogP contribution is -2.06. The smallest absolute Gasteiger partial charge is 0.230 e. The molecule has 0 aliphatic heterocycles. The summed E-state index contributed by atoms with van der Waals surface area (Å²) in [6.07, 6.45) is 0.944. The molecule has 0 saturated carbocycles. The molecular formula is C32H32N4O2. The first kappa shape index (κ1) is 28.0.